The topological polar surface area (TPSA) is 124 Å². The van der Waals surface area contributed by atoms with Gasteiger partial charge in [0, 0.05) is 27.8 Å². The number of likely N-dealkylation sites (N-methyl/N-ethyl adjacent to an activating group) is 1. The van der Waals surface area contributed by atoms with Gasteiger partial charge in [-0.2, -0.15) is 0 Å². The molecule has 7 atom stereocenters. The van der Waals surface area contributed by atoms with Crippen LogP contribution in [-0.2, 0) is 39.9 Å². The Labute approximate surface area is 282 Å². The number of hydrogen-bond acceptors (Lipinski definition) is 8. The van der Waals surface area contributed by atoms with Crippen molar-refractivity contribution in [2.75, 3.05) is 27.8 Å². The number of alkyl carbamates (subject to hydrolysis) is 1. The molecule has 11 nitrogen and oxygen atoms in total. The first-order valence-electron chi connectivity index (χ1n) is 16.9. The van der Waals surface area contributed by atoms with E-state index in [1.54, 1.807) is 58.8 Å². The van der Waals surface area contributed by atoms with Crippen molar-refractivity contribution in [1.82, 2.24) is 15.1 Å². The van der Waals surface area contributed by atoms with Crippen molar-refractivity contribution in [2.45, 2.75) is 124 Å². The Hall–Kier alpha value is -3.18. The molecule has 1 aliphatic rings. The summed E-state index contributed by atoms with van der Waals surface area (Å²) in [4.78, 5) is 57.0. The maximum atomic E-state index is 14.0. The van der Waals surface area contributed by atoms with Crippen LogP contribution in [0, 0.1) is 17.8 Å². The summed E-state index contributed by atoms with van der Waals surface area (Å²) in [7, 11) is 4.81. The molecule has 0 spiro atoms. The van der Waals surface area contributed by atoms with E-state index in [4.69, 9.17) is 18.9 Å². The van der Waals surface area contributed by atoms with Crippen LogP contribution in [0.3, 0.4) is 0 Å². The number of benzene rings is 1. The van der Waals surface area contributed by atoms with E-state index in [-0.39, 0.29) is 48.7 Å². The predicted molar refractivity (Wildman–Crippen MR) is 180 cm³/mol. The zero-order valence-corrected chi connectivity index (χ0v) is 30.4. The van der Waals surface area contributed by atoms with E-state index in [2.05, 4.69) is 5.32 Å². The van der Waals surface area contributed by atoms with E-state index in [1.165, 1.54) is 0 Å². The first-order valence-corrected chi connectivity index (χ1v) is 16.9. The van der Waals surface area contributed by atoms with Gasteiger partial charge in [0.25, 0.3) is 0 Å². The van der Waals surface area contributed by atoms with Crippen LogP contribution in [0.25, 0.3) is 0 Å². The number of likely N-dealkylation sites (tertiary alicyclic amines) is 1. The largest absolute Gasteiger partial charge is 0.461 e. The molecule has 1 N–H and O–H groups in total. The van der Waals surface area contributed by atoms with Gasteiger partial charge in [0.15, 0.2) is 0 Å². The Morgan fingerprint density at radius 1 is 1.02 bits per heavy atom. The smallest absolute Gasteiger partial charge is 0.408 e. The van der Waals surface area contributed by atoms with E-state index in [0.717, 1.165) is 18.4 Å². The van der Waals surface area contributed by atoms with Gasteiger partial charge in [0.2, 0.25) is 11.8 Å². The lowest BCUT2D eigenvalue weighted by molar-refractivity contribution is -0.158. The molecule has 3 amide bonds. The molecule has 0 radical (unpaired) electrons. The molecule has 1 aliphatic heterocycles. The molecule has 0 aliphatic carbocycles. The molecule has 1 heterocycles. The first kappa shape index (κ1) is 40.0. The lowest BCUT2D eigenvalue weighted by atomic mass is 9.89. The van der Waals surface area contributed by atoms with Gasteiger partial charge in [-0.3, -0.25) is 14.4 Å². The molecule has 0 aromatic heterocycles. The molecule has 0 unspecified atom stereocenters. The van der Waals surface area contributed by atoms with Crippen molar-refractivity contribution in [3.05, 3.63) is 35.9 Å². The standard InChI is InChI=1S/C36H59N3O8/c1-12-24(4)31(38(9)33(41)30(23(2)3)37-35(43)47-36(6,7)8)28(44-10)21-29(40)39-20-16-19-27(39)32(45-11)25(5)34(42)46-22-26-17-14-13-15-18-26/h13-15,17-18,23-25,27-28,30-32H,12,16,19-22H2,1-11H3,(H,37,43)/t24-,25+,27-,28+,30-,31-,32+/m0/s1. The maximum absolute atomic E-state index is 14.0. The molecule has 1 fully saturated rings. The summed E-state index contributed by atoms with van der Waals surface area (Å²) < 4.78 is 22.8. The number of esters is 1. The SMILES string of the molecule is CC[C@H](C)[C@@H]([C@@H](CC(=O)N1CCC[C@H]1[C@H](OC)[C@@H](C)C(=O)OCc1ccccc1)OC)N(C)C(=O)[C@@H](NC(=O)OC(C)(C)C)C(C)C. The number of nitrogens with zero attached hydrogens (tertiary/aromatic N) is 2. The summed E-state index contributed by atoms with van der Waals surface area (Å²) >= 11 is 0. The van der Waals surface area contributed by atoms with Crippen LogP contribution in [0.5, 0.6) is 0 Å². The van der Waals surface area contributed by atoms with Crippen molar-refractivity contribution < 1.29 is 38.1 Å². The van der Waals surface area contributed by atoms with Crippen LogP contribution in [0.1, 0.15) is 86.6 Å². The molecule has 0 saturated carbocycles. The van der Waals surface area contributed by atoms with Crippen LogP contribution in [0.2, 0.25) is 0 Å². The molecule has 1 saturated heterocycles. The number of ether oxygens (including phenoxy) is 4. The van der Waals surface area contributed by atoms with Crippen molar-refractivity contribution in [3.8, 4) is 0 Å². The number of methoxy groups -OCH3 is 2. The highest BCUT2D eigenvalue weighted by molar-refractivity contribution is 5.86. The third-order valence-corrected chi connectivity index (χ3v) is 9.05. The van der Waals surface area contributed by atoms with E-state index in [0.29, 0.717) is 13.0 Å². The van der Waals surface area contributed by atoms with Crippen molar-refractivity contribution in [2.24, 2.45) is 17.8 Å². The van der Waals surface area contributed by atoms with Crippen molar-refractivity contribution in [3.63, 3.8) is 0 Å². The number of hydrogen-bond donors (Lipinski definition) is 1. The summed E-state index contributed by atoms with van der Waals surface area (Å²) in [6.45, 7) is 15.5. The van der Waals surface area contributed by atoms with Gasteiger partial charge in [-0.05, 0) is 57.9 Å². The number of amides is 3. The Bertz CT molecular complexity index is 1150. The summed E-state index contributed by atoms with van der Waals surface area (Å²) in [5.41, 5.74) is 0.182. The van der Waals surface area contributed by atoms with Crippen LogP contribution >= 0.6 is 0 Å². The van der Waals surface area contributed by atoms with Crippen LogP contribution in [0.15, 0.2) is 30.3 Å². The van der Waals surface area contributed by atoms with E-state index < -0.39 is 41.9 Å². The van der Waals surface area contributed by atoms with Gasteiger partial charge in [-0.25, -0.2) is 4.79 Å². The van der Waals surface area contributed by atoms with Gasteiger partial charge in [-0.1, -0.05) is 64.4 Å². The van der Waals surface area contributed by atoms with Crippen LogP contribution in [0.4, 0.5) is 4.79 Å². The van der Waals surface area contributed by atoms with E-state index >= 15 is 0 Å². The van der Waals surface area contributed by atoms with Crippen LogP contribution < -0.4 is 5.32 Å². The van der Waals surface area contributed by atoms with Gasteiger partial charge in [0.1, 0.15) is 18.2 Å². The Morgan fingerprint density at radius 3 is 2.19 bits per heavy atom. The Balaban J connectivity index is 2.21. The predicted octanol–water partition coefficient (Wildman–Crippen LogP) is 5.20. The second kappa shape index (κ2) is 18.4. The highest BCUT2D eigenvalue weighted by Gasteiger charge is 2.43. The number of nitrogens with one attached hydrogen (secondary N) is 1. The number of carbonyl (C=O) groups excluding carboxylic acids is 4. The monoisotopic (exact) mass is 661 g/mol. The molecule has 266 valence electrons. The molecule has 11 heteroatoms. The normalized spacial score (nSPS) is 18.9. The maximum Gasteiger partial charge on any atom is 0.408 e. The average Bonchev–Trinajstić information content (AvgIpc) is 3.51. The minimum absolute atomic E-state index is 0.0171. The summed E-state index contributed by atoms with van der Waals surface area (Å²) in [6.07, 6.45) is 0.416. The molecule has 1 aromatic rings. The lowest BCUT2D eigenvalue weighted by Gasteiger charge is -2.40. The average molecular weight is 662 g/mol. The first-order chi connectivity index (χ1) is 22.1. The van der Waals surface area contributed by atoms with Crippen LogP contribution in [-0.4, -0.2) is 97.4 Å². The minimum atomic E-state index is -0.830. The fraction of sp³-hybridized carbons (Fsp3) is 0.722. The second-order valence-corrected chi connectivity index (χ2v) is 14.1. The molecule has 1 aromatic carbocycles. The molecule has 0 bridgehead atoms. The third kappa shape index (κ3) is 11.5. The highest BCUT2D eigenvalue weighted by Crippen LogP contribution is 2.30. The Kier molecular flexibility index (Phi) is 15.6. The Morgan fingerprint density at radius 2 is 1.66 bits per heavy atom. The van der Waals surface area contributed by atoms with Crippen molar-refractivity contribution in [1.29, 1.82) is 0 Å². The highest BCUT2D eigenvalue weighted by atomic mass is 16.6. The van der Waals surface area contributed by atoms with E-state index in [9.17, 15) is 19.2 Å². The lowest BCUT2D eigenvalue weighted by Crippen LogP contribution is -2.58. The quantitative estimate of drug-likeness (QED) is 0.240. The third-order valence-electron chi connectivity index (χ3n) is 9.05. The molecule has 2 rings (SSSR count). The minimum Gasteiger partial charge on any atom is -0.461 e. The van der Waals surface area contributed by atoms with E-state index in [1.807, 2.05) is 58.0 Å². The zero-order chi connectivity index (χ0) is 35.5. The van der Waals surface area contributed by atoms with Gasteiger partial charge >= 0.3 is 12.1 Å². The summed E-state index contributed by atoms with van der Waals surface area (Å²) in [5, 5.41) is 2.75. The van der Waals surface area contributed by atoms with Gasteiger partial charge in [0.05, 0.1) is 36.6 Å². The molecular weight excluding hydrogens is 602 g/mol. The van der Waals surface area contributed by atoms with Gasteiger partial charge < -0.3 is 34.1 Å². The molecule has 47 heavy (non-hydrogen) atoms. The summed E-state index contributed by atoms with van der Waals surface area (Å²) in [6, 6.07) is 7.89. The number of carbonyl (C=O) groups is 4. The second-order valence-electron chi connectivity index (χ2n) is 14.1. The number of rotatable bonds is 16. The molecular formula is C36H59N3O8. The fourth-order valence-corrected chi connectivity index (χ4v) is 6.32. The summed E-state index contributed by atoms with van der Waals surface area (Å²) in [5.74, 6) is -1.62. The van der Waals surface area contributed by atoms with Gasteiger partial charge in [-0.15, -0.1) is 0 Å². The zero-order valence-electron chi connectivity index (χ0n) is 30.4. The fourth-order valence-electron chi connectivity index (χ4n) is 6.32. The van der Waals surface area contributed by atoms with Crippen molar-refractivity contribution >= 4 is 23.9 Å².